The van der Waals surface area contributed by atoms with Gasteiger partial charge in [-0.05, 0) is 48.5 Å². The number of benzene rings is 2. The zero-order valence-corrected chi connectivity index (χ0v) is 14.9. The summed E-state index contributed by atoms with van der Waals surface area (Å²) in [5.74, 6) is 0. The van der Waals surface area contributed by atoms with E-state index in [9.17, 15) is 8.42 Å². The second-order valence-electron chi connectivity index (χ2n) is 6.14. The minimum Gasteiger partial charge on any atom is -0.369 e. The van der Waals surface area contributed by atoms with Gasteiger partial charge >= 0.3 is 0 Å². The van der Waals surface area contributed by atoms with Crippen LogP contribution in [0.1, 0.15) is 0 Å². The van der Waals surface area contributed by atoms with Gasteiger partial charge in [0.2, 0.25) is 0 Å². The van der Waals surface area contributed by atoms with Crippen molar-refractivity contribution in [2.45, 2.75) is 4.90 Å². The highest BCUT2D eigenvalue weighted by Crippen LogP contribution is 2.22. The Hall–Kier alpha value is -2.71. The highest BCUT2D eigenvalue weighted by molar-refractivity contribution is 7.92. The number of anilines is 2. The topological polar surface area (TPSA) is 87.2 Å². The lowest BCUT2D eigenvalue weighted by Gasteiger charge is -2.29. The van der Waals surface area contributed by atoms with E-state index in [2.05, 4.69) is 25.1 Å². The molecule has 26 heavy (non-hydrogen) atoms. The molecule has 1 fully saturated rings. The molecule has 0 radical (unpaired) electrons. The first-order valence-corrected chi connectivity index (χ1v) is 9.90. The van der Waals surface area contributed by atoms with E-state index in [1.54, 1.807) is 42.6 Å². The van der Waals surface area contributed by atoms with Crippen LogP contribution in [-0.4, -0.2) is 44.8 Å². The van der Waals surface area contributed by atoms with E-state index in [0.717, 1.165) is 42.8 Å². The molecule has 0 unspecified atom stereocenters. The van der Waals surface area contributed by atoms with Gasteiger partial charge in [0.1, 0.15) is 0 Å². The van der Waals surface area contributed by atoms with Crippen LogP contribution in [0.3, 0.4) is 0 Å². The first kappa shape index (κ1) is 16.7. The summed E-state index contributed by atoms with van der Waals surface area (Å²) in [6.45, 7) is 3.72. The SMILES string of the molecule is O=S(=O)(Nc1ccc2nnccc2c1)c1ccc(N2CCNCC2)cc1. The number of sulfonamides is 1. The Kier molecular flexibility index (Phi) is 4.44. The van der Waals surface area contributed by atoms with Crippen LogP contribution in [0.25, 0.3) is 10.9 Å². The van der Waals surface area contributed by atoms with E-state index in [1.807, 2.05) is 12.1 Å². The molecule has 1 aliphatic rings. The molecular weight excluding hydrogens is 350 g/mol. The summed E-state index contributed by atoms with van der Waals surface area (Å²) in [5, 5.41) is 11.9. The summed E-state index contributed by atoms with van der Waals surface area (Å²) in [7, 11) is -3.65. The Morgan fingerprint density at radius 3 is 2.54 bits per heavy atom. The maximum absolute atomic E-state index is 12.7. The molecule has 0 saturated carbocycles. The van der Waals surface area contributed by atoms with Gasteiger partial charge < -0.3 is 10.2 Å². The average Bonchev–Trinajstić information content (AvgIpc) is 2.68. The van der Waals surface area contributed by atoms with Crippen LogP contribution in [0, 0.1) is 0 Å². The Labute approximate surface area is 152 Å². The molecule has 2 heterocycles. The van der Waals surface area contributed by atoms with E-state index in [0.29, 0.717) is 5.69 Å². The molecule has 2 N–H and O–H groups in total. The van der Waals surface area contributed by atoms with Gasteiger partial charge in [0.05, 0.1) is 16.6 Å². The number of fused-ring (bicyclic) bond motifs is 1. The summed E-state index contributed by atoms with van der Waals surface area (Å²) in [6, 6.07) is 14.0. The molecule has 2 aromatic carbocycles. The Bertz CT molecular complexity index is 1020. The summed E-state index contributed by atoms with van der Waals surface area (Å²) in [4.78, 5) is 2.48. The minimum absolute atomic E-state index is 0.240. The molecule has 0 amide bonds. The molecule has 4 rings (SSSR count). The fourth-order valence-corrected chi connectivity index (χ4v) is 4.07. The lowest BCUT2D eigenvalue weighted by atomic mass is 10.2. The number of hydrogen-bond donors (Lipinski definition) is 2. The number of hydrogen-bond acceptors (Lipinski definition) is 6. The fourth-order valence-electron chi connectivity index (χ4n) is 3.02. The maximum Gasteiger partial charge on any atom is 0.261 e. The van der Waals surface area contributed by atoms with Crippen LogP contribution in [0.4, 0.5) is 11.4 Å². The molecule has 1 saturated heterocycles. The summed E-state index contributed by atoms with van der Waals surface area (Å²) >= 11 is 0. The van der Waals surface area contributed by atoms with Gasteiger partial charge in [0.15, 0.2) is 0 Å². The molecular formula is C18H19N5O2S. The van der Waals surface area contributed by atoms with E-state index in [4.69, 9.17) is 0 Å². The van der Waals surface area contributed by atoms with Crippen LogP contribution >= 0.6 is 0 Å². The summed E-state index contributed by atoms with van der Waals surface area (Å²) in [6.07, 6.45) is 1.58. The largest absolute Gasteiger partial charge is 0.369 e. The van der Waals surface area contributed by atoms with Crippen molar-refractivity contribution in [3.05, 3.63) is 54.7 Å². The monoisotopic (exact) mass is 369 g/mol. The molecule has 0 bridgehead atoms. The van der Waals surface area contributed by atoms with Crippen LogP contribution in [0.5, 0.6) is 0 Å². The normalized spacial score (nSPS) is 15.2. The predicted molar refractivity (Wildman–Crippen MR) is 102 cm³/mol. The average molecular weight is 369 g/mol. The molecule has 1 aliphatic heterocycles. The second-order valence-corrected chi connectivity index (χ2v) is 7.82. The van der Waals surface area contributed by atoms with Crippen LogP contribution in [0.15, 0.2) is 59.6 Å². The van der Waals surface area contributed by atoms with E-state index in [-0.39, 0.29) is 4.90 Å². The molecule has 0 atom stereocenters. The van der Waals surface area contributed by atoms with Crippen LogP contribution < -0.4 is 14.9 Å². The zero-order chi connectivity index (χ0) is 18.0. The smallest absolute Gasteiger partial charge is 0.261 e. The van der Waals surface area contributed by atoms with E-state index in [1.165, 1.54) is 0 Å². The quantitative estimate of drug-likeness (QED) is 0.730. The van der Waals surface area contributed by atoms with Gasteiger partial charge in [-0.25, -0.2) is 8.42 Å². The number of nitrogens with one attached hydrogen (secondary N) is 2. The van der Waals surface area contributed by atoms with Crippen molar-refractivity contribution < 1.29 is 8.42 Å². The van der Waals surface area contributed by atoms with Gasteiger partial charge in [-0.2, -0.15) is 10.2 Å². The first-order chi connectivity index (χ1) is 12.6. The molecule has 7 nitrogen and oxygen atoms in total. The zero-order valence-electron chi connectivity index (χ0n) is 14.1. The predicted octanol–water partition coefficient (Wildman–Crippen LogP) is 1.84. The van der Waals surface area contributed by atoms with Crippen molar-refractivity contribution in [3.63, 3.8) is 0 Å². The number of nitrogens with zero attached hydrogens (tertiary/aromatic N) is 3. The van der Waals surface area contributed by atoms with Crippen molar-refractivity contribution >= 4 is 32.3 Å². The van der Waals surface area contributed by atoms with Crippen LogP contribution in [-0.2, 0) is 10.0 Å². The third-order valence-corrected chi connectivity index (χ3v) is 5.79. The third kappa shape index (κ3) is 3.47. The number of rotatable bonds is 4. The maximum atomic E-state index is 12.7. The molecule has 0 aliphatic carbocycles. The molecule has 1 aromatic heterocycles. The number of piperazine rings is 1. The standard InChI is InChI=1S/C18H19N5O2S/c24-26(25,22-15-1-6-18-14(13-15)7-8-20-21-18)17-4-2-16(3-5-17)23-11-9-19-10-12-23/h1-8,13,19,22H,9-12H2. The van der Waals surface area contributed by atoms with E-state index >= 15 is 0 Å². The summed E-state index contributed by atoms with van der Waals surface area (Å²) in [5.41, 5.74) is 2.25. The van der Waals surface area contributed by atoms with Crippen molar-refractivity contribution in [2.24, 2.45) is 0 Å². The minimum atomic E-state index is -3.65. The highest BCUT2D eigenvalue weighted by atomic mass is 32.2. The Morgan fingerprint density at radius 1 is 1.00 bits per heavy atom. The fraction of sp³-hybridized carbons (Fsp3) is 0.222. The van der Waals surface area contributed by atoms with Gasteiger partial charge in [0, 0.05) is 42.9 Å². The van der Waals surface area contributed by atoms with E-state index < -0.39 is 10.0 Å². The molecule has 0 spiro atoms. The Balaban J connectivity index is 1.55. The second kappa shape index (κ2) is 6.89. The van der Waals surface area contributed by atoms with Crippen molar-refractivity contribution in [1.29, 1.82) is 0 Å². The third-order valence-electron chi connectivity index (χ3n) is 4.40. The van der Waals surface area contributed by atoms with Crippen LogP contribution in [0.2, 0.25) is 0 Å². The molecule has 8 heteroatoms. The lowest BCUT2D eigenvalue weighted by Crippen LogP contribution is -2.43. The lowest BCUT2D eigenvalue weighted by molar-refractivity contribution is 0.589. The molecule has 134 valence electrons. The van der Waals surface area contributed by atoms with Crippen molar-refractivity contribution in [3.8, 4) is 0 Å². The Morgan fingerprint density at radius 2 is 1.77 bits per heavy atom. The first-order valence-electron chi connectivity index (χ1n) is 8.42. The van der Waals surface area contributed by atoms with Gasteiger partial charge in [-0.1, -0.05) is 0 Å². The number of aromatic nitrogens is 2. The van der Waals surface area contributed by atoms with Gasteiger partial charge in [-0.15, -0.1) is 0 Å². The molecule has 3 aromatic rings. The van der Waals surface area contributed by atoms with Crippen molar-refractivity contribution in [1.82, 2.24) is 15.5 Å². The highest BCUT2D eigenvalue weighted by Gasteiger charge is 2.16. The van der Waals surface area contributed by atoms with Gasteiger partial charge in [-0.3, -0.25) is 4.72 Å². The van der Waals surface area contributed by atoms with Gasteiger partial charge in [0.25, 0.3) is 10.0 Å². The van der Waals surface area contributed by atoms with Crippen molar-refractivity contribution in [2.75, 3.05) is 35.8 Å². The summed E-state index contributed by atoms with van der Waals surface area (Å²) < 4.78 is 28.0.